The van der Waals surface area contributed by atoms with Crippen LogP contribution in [0.15, 0.2) is 0 Å². The van der Waals surface area contributed by atoms with Gasteiger partial charge in [0.25, 0.3) is 0 Å². The molecule has 0 aliphatic heterocycles. The van der Waals surface area contributed by atoms with Crippen molar-refractivity contribution in [3.05, 3.63) is 0 Å². The van der Waals surface area contributed by atoms with Gasteiger partial charge in [0.15, 0.2) is 0 Å². The Morgan fingerprint density at radius 1 is 1.12 bits per heavy atom. The molecule has 3 heteroatoms. The molecule has 0 spiro atoms. The van der Waals surface area contributed by atoms with Crippen molar-refractivity contribution >= 4 is 0 Å². The van der Waals surface area contributed by atoms with Crippen molar-refractivity contribution in [2.24, 2.45) is 0 Å². The second-order valence-corrected chi connectivity index (χ2v) is 1.28. The van der Waals surface area contributed by atoms with Crippen LogP contribution < -0.4 is 0 Å². The quantitative estimate of drug-likeness (QED) is 0.511. The Balaban J connectivity index is 2.92. The predicted octanol–water partition coefficient (Wildman–Crippen LogP) is 0.821. The molecule has 0 atom stereocenters. The highest BCUT2D eigenvalue weighted by Crippen LogP contribution is 1.84. The summed E-state index contributed by atoms with van der Waals surface area (Å²) in [6.07, 6.45) is 0. The second-order valence-electron chi connectivity index (χ2n) is 1.28. The first kappa shape index (κ1) is 7.88. The lowest BCUT2D eigenvalue weighted by Crippen LogP contribution is -2.18. The Morgan fingerprint density at radius 3 is 1.75 bits per heavy atom. The number of hydrogen-bond acceptors (Lipinski definition) is 3. The van der Waals surface area contributed by atoms with Crippen LogP contribution in [0.5, 0.6) is 0 Å². The summed E-state index contributed by atoms with van der Waals surface area (Å²) in [6, 6.07) is 0. The summed E-state index contributed by atoms with van der Waals surface area (Å²) in [5.74, 6) is 0. The fourth-order valence-electron chi connectivity index (χ4n) is 0.401. The standard InChI is InChI=1S/C5H13NO2/c1-4-7-6(3)8-5-2/h4-5H2,1-3H3. The molecule has 0 saturated heterocycles. The lowest BCUT2D eigenvalue weighted by molar-refractivity contribution is -0.349. The summed E-state index contributed by atoms with van der Waals surface area (Å²) in [5.41, 5.74) is 0. The fraction of sp³-hybridized carbons (Fsp3) is 1.00. The largest absolute Gasteiger partial charge is 0.275 e. The van der Waals surface area contributed by atoms with E-state index in [0.717, 1.165) is 0 Å². The highest BCUT2D eigenvalue weighted by Gasteiger charge is 1.90. The molecule has 0 aliphatic carbocycles. The van der Waals surface area contributed by atoms with E-state index in [9.17, 15) is 0 Å². The van der Waals surface area contributed by atoms with Gasteiger partial charge in [0.1, 0.15) is 0 Å². The van der Waals surface area contributed by atoms with Crippen LogP contribution in [0.1, 0.15) is 13.8 Å². The molecule has 3 nitrogen and oxygen atoms in total. The van der Waals surface area contributed by atoms with Crippen molar-refractivity contribution in [2.75, 3.05) is 20.3 Å². The molecule has 0 heterocycles. The monoisotopic (exact) mass is 119 g/mol. The zero-order valence-corrected chi connectivity index (χ0v) is 5.68. The molecule has 0 N–H and O–H groups in total. The molecule has 0 aromatic rings. The van der Waals surface area contributed by atoms with Crippen LogP contribution in [0, 0.1) is 0 Å². The van der Waals surface area contributed by atoms with Crippen molar-refractivity contribution < 1.29 is 9.68 Å². The van der Waals surface area contributed by atoms with Gasteiger partial charge >= 0.3 is 0 Å². The molecule has 0 aliphatic rings. The van der Waals surface area contributed by atoms with E-state index in [1.54, 1.807) is 7.05 Å². The first-order chi connectivity index (χ1) is 3.81. The molecule has 0 radical (unpaired) electrons. The summed E-state index contributed by atoms with van der Waals surface area (Å²) in [7, 11) is 1.73. The third-order valence-electron chi connectivity index (χ3n) is 0.622. The molecular weight excluding hydrogens is 106 g/mol. The van der Waals surface area contributed by atoms with Gasteiger partial charge in [-0.15, -0.1) is 0 Å². The molecular formula is C5H13NO2. The van der Waals surface area contributed by atoms with E-state index in [-0.39, 0.29) is 0 Å². The Labute approximate surface area is 50.1 Å². The summed E-state index contributed by atoms with van der Waals surface area (Å²) in [6.45, 7) is 5.12. The van der Waals surface area contributed by atoms with E-state index >= 15 is 0 Å². The summed E-state index contributed by atoms with van der Waals surface area (Å²) >= 11 is 0. The number of hydrogen-bond donors (Lipinski definition) is 0. The minimum atomic E-state index is 0.649. The van der Waals surface area contributed by atoms with Crippen LogP contribution in [0.25, 0.3) is 0 Å². The highest BCUT2D eigenvalue weighted by molar-refractivity contribution is 4.05. The fourth-order valence-corrected chi connectivity index (χ4v) is 0.401. The topological polar surface area (TPSA) is 21.7 Å². The van der Waals surface area contributed by atoms with E-state index in [2.05, 4.69) is 0 Å². The maximum Gasteiger partial charge on any atom is 0.0683 e. The van der Waals surface area contributed by atoms with Crippen molar-refractivity contribution in [1.29, 1.82) is 0 Å². The van der Waals surface area contributed by atoms with Gasteiger partial charge in [-0.1, -0.05) is 5.23 Å². The minimum Gasteiger partial charge on any atom is -0.275 e. The van der Waals surface area contributed by atoms with E-state index in [1.807, 2.05) is 13.8 Å². The van der Waals surface area contributed by atoms with Gasteiger partial charge in [-0.25, -0.2) is 0 Å². The lowest BCUT2D eigenvalue weighted by Gasteiger charge is -2.12. The summed E-state index contributed by atoms with van der Waals surface area (Å²) in [5, 5.41) is 1.36. The Hall–Kier alpha value is -0.120. The van der Waals surface area contributed by atoms with Gasteiger partial charge in [0.2, 0.25) is 0 Å². The molecule has 0 fully saturated rings. The maximum atomic E-state index is 4.89. The van der Waals surface area contributed by atoms with Gasteiger partial charge in [-0.2, -0.15) is 0 Å². The second kappa shape index (κ2) is 5.03. The third-order valence-corrected chi connectivity index (χ3v) is 0.622. The van der Waals surface area contributed by atoms with Crippen LogP contribution in [0.3, 0.4) is 0 Å². The Morgan fingerprint density at radius 2 is 1.50 bits per heavy atom. The molecule has 0 unspecified atom stereocenters. The maximum absolute atomic E-state index is 4.89. The zero-order valence-electron chi connectivity index (χ0n) is 5.68. The van der Waals surface area contributed by atoms with Crippen LogP contribution in [0.4, 0.5) is 0 Å². The Kier molecular flexibility index (Phi) is 4.95. The van der Waals surface area contributed by atoms with Crippen LogP contribution in [-0.4, -0.2) is 25.5 Å². The van der Waals surface area contributed by atoms with E-state index in [0.29, 0.717) is 13.2 Å². The van der Waals surface area contributed by atoms with Crippen LogP contribution >= 0.6 is 0 Å². The summed E-state index contributed by atoms with van der Waals surface area (Å²) < 4.78 is 0. The molecule has 0 aromatic carbocycles. The van der Waals surface area contributed by atoms with E-state index in [4.69, 9.17) is 9.68 Å². The van der Waals surface area contributed by atoms with Crippen molar-refractivity contribution in [2.45, 2.75) is 13.8 Å². The van der Waals surface area contributed by atoms with Crippen LogP contribution in [0.2, 0.25) is 0 Å². The Bertz CT molecular complexity index is 43.7. The van der Waals surface area contributed by atoms with Crippen molar-refractivity contribution in [3.63, 3.8) is 0 Å². The minimum absolute atomic E-state index is 0.649. The van der Waals surface area contributed by atoms with Crippen molar-refractivity contribution in [1.82, 2.24) is 5.23 Å². The molecule has 0 bridgehead atoms. The highest BCUT2D eigenvalue weighted by atomic mass is 16.9. The van der Waals surface area contributed by atoms with Gasteiger partial charge in [0, 0.05) is 7.05 Å². The molecule has 8 heavy (non-hydrogen) atoms. The predicted molar refractivity (Wildman–Crippen MR) is 31.0 cm³/mol. The lowest BCUT2D eigenvalue weighted by atomic mass is 10.9. The number of nitrogens with zero attached hydrogens (tertiary/aromatic N) is 1. The van der Waals surface area contributed by atoms with E-state index < -0.39 is 0 Å². The molecule has 0 rings (SSSR count). The van der Waals surface area contributed by atoms with Crippen molar-refractivity contribution in [3.8, 4) is 0 Å². The molecule has 0 amide bonds. The average Bonchev–Trinajstić information content (AvgIpc) is 1.68. The van der Waals surface area contributed by atoms with Gasteiger partial charge in [-0.05, 0) is 13.8 Å². The number of rotatable bonds is 4. The number of hydroxylamine groups is 2. The summed E-state index contributed by atoms with van der Waals surface area (Å²) in [4.78, 5) is 9.79. The van der Waals surface area contributed by atoms with Crippen LogP contribution in [-0.2, 0) is 9.68 Å². The molecule has 50 valence electrons. The van der Waals surface area contributed by atoms with Gasteiger partial charge < -0.3 is 0 Å². The average molecular weight is 119 g/mol. The van der Waals surface area contributed by atoms with Gasteiger partial charge in [0.05, 0.1) is 13.2 Å². The molecule has 0 aromatic heterocycles. The van der Waals surface area contributed by atoms with E-state index in [1.165, 1.54) is 5.23 Å². The first-order valence-electron chi connectivity index (χ1n) is 2.80. The first-order valence-corrected chi connectivity index (χ1v) is 2.80. The normalized spacial score (nSPS) is 10.5. The molecule has 0 saturated carbocycles. The third kappa shape index (κ3) is 4.05. The smallest absolute Gasteiger partial charge is 0.0683 e. The SMILES string of the molecule is CCON(C)OCC. The van der Waals surface area contributed by atoms with Gasteiger partial charge in [-0.3, -0.25) is 9.68 Å². The zero-order chi connectivity index (χ0) is 6.41.